The number of aliphatic hydroxyl groups excluding tert-OH is 1. The Balaban J connectivity index is 1.88. The number of rotatable bonds is 6. The Morgan fingerprint density at radius 3 is 2.65 bits per heavy atom. The van der Waals surface area contributed by atoms with Crippen molar-refractivity contribution in [3.63, 3.8) is 0 Å². The van der Waals surface area contributed by atoms with Crippen molar-refractivity contribution < 1.29 is 18.8 Å². The van der Waals surface area contributed by atoms with Gasteiger partial charge in [0.15, 0.2) is 0 Å². The fourth-order valence-corrected chi connectivity index (χ4v) is 4.72. The smallest absolute Gasteiger partial charge is 0.407 e. The fraction of sp³-hybridized carbons (Fsp3) is 0.650. The number of alkyl carbamates (subject to hydrolysis) is 1. The maximum absolute atomic E-state index is 12.8. The van der Waals surface area contributed by atoms with E-state index in [1.807, 2.05) is 24.3 Å². The van der Waals surface area contributed by atoms with Crippen LogP contribution in [0.1, 0.15) is 71.0 Å². The summed E-state index contributed by atoms with van der Waals surface area (Å²) in [6.45, 7) is 5.73. The number of carbonyl (C=O) groups excluding carboxylic acids is 1. The zero-order valence-corrected chi connectivity index (χ0v) is 16.8. The highest BCUT2D eigenvalue weighted by atomic mass is 32.2. The van der Waals surface area contributed by atoms with Gasteiger partial charge in [-0.25, -0.2) is 4.79 Å². The molecule has 0 spiro atoms. The lowest BCUT2D eigenvalue weighted by Gasteiger charge is -2.21. The van der Waals surface area contributed by atoms with Crippen LogP contribution in [0.3, 0.4) is 0 Å². The van der Waals surface area contributed by atoms with Crippen molar-refractivity contribution >= 4 is 16.9 Å². The highest BCUT2D eigenvalue weighted by Gasteiger charge is 2.22. The van der Waals surface area contributed by atoms with Gasteiger partial charge in [0.05, 0.1) is 16.9 Å². The number of carbonyl (C=O) groups is 1. The second kappa shape index (κ2) is 9.51. The maximum Gasteiger partial charge on any atom is 0.407 e. The molecule has 1 aromatic rings. The van der Waals surface area contributed by atoms with Crippen LogP contribution in [0.5, 0.6) is 0 Å². The summed E-state index contributed by atoms with van der Waals surface area (Å²) < 4.78 is 17.9. The summed E-state index contributed by atoms with van der Waals surface area (Å²) in [7, 11) is -1.02. The molecule has 1 aliphatic rings. The van der Waals surface area contributed by atoms with Gasteiger partial charge in [0.1, 0.15) is 5.60 Å². The SMILES string of the molecule is CC(C)(C)OC(=O)NCCC(O)c1cccc(S(=O)C2CCCCC2)c1. The molecule has 0 heterocycles. The summed E-state index contributed by atoms with van der Waals surface area (Å²) in [5, 5.41) is 13.3. The third kappa shape index (κ3) is 6.72. The van der Waals surface area contributed by atoms with Crippen LogP contribution in [0, 0.1) is 0 Å². The van der Waals surface area contributed by atoms with E-state index in [2.05, 4.69) is 5.32 Å². The van der Waals surface area contributed by atoms with Crippen LogP contribution in [-0.4, -0.2) is 32.8 Å². The Bertz CT molecular complexity index is 620. The lowest BCUT2D eigenvalue weighted by Crippen LogP contribution is -2.33. The first kappa shape index (κ1) is 20.9. The predicted octanol–water partition coefficient (Wildman–Crippen LogP) is 4.08. The molecule has 0 bridgehead atoms. The van der Waals surface area contributed by atoms with Crippen molar-refractivity contribution in [2.75, 3.05) is 6.54 Å². The van der Waals surface area contributed by atoms with Crippen LogP contribution in [0.15, 0.2) is 29.2 Å². The third-order valence-electron chi connectivity index (χ3n) is 4.42. The average molecular weight is 382 g/mol. The van der Waals surface area contributed by atoms with E-state index in [0.29, 0.717) is 13.0 Å². The van der Waals surface area contributed by atoms with Gasteiger partial charge in [-0.2, -0.15) is 0 Å². The molecule has 146 valence electrons. The standard InChI is InChI=1S/C20H31NO4S/c1-20(2,3)25-19(23)21-13-12-18(22)15-8-7-11-17(14-15)26(24)16-9-5-4-6-10-16/h7-8,11,14,16,18,22H,4-6,9-10,12-13H2,1-3H3,(H,21,23). The van der Waals surface area contributed by atoms with Gasteiger partial charge in [0.2, 0.25) is 0 Å². The summed E-state index contributed by atoms with van der Waals surface area (Å²) >= 11 is 0. The average Bonchev–Trinajstić information content (AvgIpc) is 2.60. The highest BCUT2D eigenvalue weighted by molar-refractivity contribution is 7.85. The second-order valence-electron chi connectivity index (χ2n) is 7.86. The first-order chi connectivity index (χ1) is 12.3. The Hall–Kier alpha value is -1.40. The monoisotopic (exact) mass is 381 g/mol. The van der Waals surface area contributed by atoms with E-state index >= 15 is 0 Å². The molecule has 2 rings (SSSR count). The van der Waals surface area contributed by atoms with Crippen LogP contribution in [0.4, 0.5) is 4.79 Å². The number of amides is 1. The molecule has 1 saturated carbocycles. The van der Waals surface area contributed by atoms with Crippen LogP contribution in [0.25, 0.3) is 0 Å². The number of benzene rings is 1. The highest BCUT2D eigenvalue weighted by Crippen LogP contribution is 2.27. The first-order valence-corrected chi connectivity index (χ1v) is 10.6. The lowest BCUT2D eigenvalue weighted by atomic mass is 10.0. The van der Waals surface area contributed by atoms with Crippen LogP contribution < -0.4 is 5.32 Å². The number of nitrogens with one attached hydrogen (secondary N) is 1. The van der Waals surface area contributed by atoms with Gasteiger partial charge in [-0.15, -0.1) is 0 Å². The molecule has 0 radical (unpaired) electrons. The third-order valence-corrected chi connectivity index (χ3v) is 6.21. The molecule has 6 heteroatoms. The molecular weight excluding hydrogens is 350 g/mol. The minimum absolute atomic E-state index is 0.227. The van der Waals surface area contributed by atoms with Gasteiger partial charge < -0.3 is 15.2 Å². The van der Waals surface area contributed by atoms with Gasteiger partial charge in [0.25, 0.3) is 0 Å². The van der Waals surface area contributed by atoms with Crippen molar-refractivity contribution in [3.05, 3.63) is 29.8 Å². The predicted molar refractivity (Wildman–Crippen MR) is 104 cm³/mol. The van der Waals surface area contributed by atoms with Crippen molar-refractivity contribution in [1.29, 1.82) is 0 Å². The van der Waals surface area contributed by atoms with Crippen molar-refractivity contribution in [2.45, 2.75) is 81.1 Å². The van der Waals surface area contributed by atoms with Crippen LogP contribution in [0.2, 0.25) is 0 Å². The molecule has 1 amide bonds. The van der Waals surface area contributed by atoms with E-state index in [1.54, 1.807) is 20.8 Å². The minimum Gasteiger partial charge on any atom is -0.444 e. The van der Waals surface area contributed by atoms with E-state index in [9.17, 15) is 14.1 Å². The van der Waals surface area contributed by atoms with Gasteiger partial charge in [-0.1, -0.05) is 31.4 Å². The van der Waals surface area contributed by atoms with Crippen LogP contribution >= 0.6 is 0 Å². The topological polar surface area (TPSA) is 75.6 Å². The normalized spacial score (nSPS) is 18.2. The summed E-state index contributed by atoms with van der Waals surface area (Å²) in [4.78, 5) is 12.4. The summed E-state index contributed by atoms with van der Waals surface area (Å²) in [5.41, 5.74) is 0.192. The number of hydrogen-bond donors (Lipinski definition) is 2. The Labute approximate surface area is 159 Å². The van der Waals surface area contributed by atoms with Crippen molar-refractivity contribution in [3.8, 4) is 0 Å². The molecule has 26 heavy (non-hydrogen) atoms. The molecule has 0 aliphatic heterocycles. The minimum atomic E-state index is -1.02. The number of aliphatic hydroxyl groups is 1. The molecule has 2 N–H and O–H groups in total. The Morgan fingerprint density at radius 2 is 2.00 bits per heavy atom. The van der Waals surface area contributed by atoms with Gasteiger partial charge in [-0.3, -0.25) is 4.21 Å². The molecule has 0 aromatic heterocycles. The van der Waals surface area contributed by atoms with Gasteiger partial charge in [0, 0.05) is 16.7 Å². The lowest BCUT2D eigenvalue weighted by molar-refractivity contribution is 0.0518. The van der Waals surface area contributed by atoms with E-state index < -0.39 is 28.6 Å². The van der Waals surface area contributed by atoms with Crippen molar-refractivity contribution in [1.82, 2.24) is 5.32 Å². The van der Waals surface area contributed by atoms with Gasteiger partial charge >= 0.3 is 6.09 Å². The molecule has 1 fully saturated rings. The zero-order valence-electron chi connectivity index (χ0n) is 16.0. The molecule has 0 saturated heterocycles. The Kier molecular flexibility index (Phi) is 7.65. The second-order valence-corrected chi connectivity index (χ2v) is 9.60. The van der Waals surface area contributed by atoms with Crippen LogP contribution in [-0.2, 0) is 15.5 Å². The Morgan fingerprint density at radius 1 is 1.31 bits per heavy atom. The van der Waals surface area contributed by atoms with E-state index in [0.717, 1.165) is 36.1 Å². The maximum atomic E-state index is 12.8. The molecule has 2 atom stereocenters. The van der Waals surface area contributed by atoms with E-state index in [-0.39, 0.29) is 5.25 Å². The van der Waals surface area contributed by atoms with E-state index in [1.165, 1.54) is 6.42 Å². The molecule has 1 aliphatic carbocycles. The summed E-state index contributed by atoms with van der Waals surface area (Å²) in [6.07, 6.45) is 4.73. The number of ether oxygens (including phenoxy) is 1. The molecule has 1 aromatic carbocycles. The van der Waals surface area contributed by atoms with Crippen molar-refractivity contribution in [2.24, 2.45) is 0 Å². The fourth-order valence-electron chi connectivity index (χ4n) is 3.11. The number of hydrogen-bond acceptors (Lipinski definition) is 4. The zero-order chi connectivity index (χ0) is 19.2. The summed E-state index contributed by atoms with van der Waals surface area (Å²) in [5.74, 6) is 0. The van der Waals surface area contributed by atoms with Gasteiger partial charge in [-0.05, 0) is 57.7 Å². The first-order valence-electron chi connectivity index (χ1n) is 9.42. The molecular formula is C20H31NO4S. The summed E-state index contributed by atoms with van der Waals surface area (Å²) in [6, 6.07) is 7.39. The quantitative estimate of drug-likeness (QED) is 0.779. The molecule has 2 unspecified atom stereocenters. The van der Waals surface area contributed by atoms with E-state index in [4.69, 9.17) is 4.74 Å². The largest absolute Gasteiger partial charge is 0.444 e. The molecule has 5 nitrogen and oxygen atoms in total.